The van der Waals surface area contributed by atoms with E-state index in [-0.39, 0.29) is 17.7 Å². The fourth-order valence-corrected chi connectivity index (χ4v) is 5.58. The lowest BCUT2D eigenvalue weighted by molar-refractivity contribution is -0.176. The highest BCUT2D eigenvalue weighted by molar-refractivity contribution is 8.01. The van der Waals surface area contributed by atoms with E-state index in [1.807, 2.05) is 30.3 Å². The van der Waals surface area contributed by atoms with Gasteiger partial charge in [-0.3, -0.25) is 19.3 Å². The summed E-state index contributed by atoms with van der Waals surface area (Å²) in [5.41, 5.74) is 1.31. The number of rotatable bonds is 4. The fraction of sp³-hybridized carbons (Fsp3) is 0.238. The molecule has 146 valence electrons. The van der Waals surface area contributed by atoms with Crippen LogP contribution in [0.5, 0.6) is 0 Å². The minimum absolute atomic E-state index is 0.0544. The normalized spacial score (nSPS) is 25.0. The Morgan fingerprint density at radius 1 is 1.00 bits per heavy atom. The first-order valence-electron chi connectivity index (χ1n) is 9.19. The molecule has 2 aromatic rings. The molecule has 0 bridgehead atoms. The molecule has 0 aliphatic carbocycles. The molecule has 3 aliphatic rings. The van der Waals surface area contributed by atoms with Gasteiger partial charge in [0.2, 0.25) is 4.87 Å². The number of imide groups is 1. The summed E-state index contributed by atoms with van der Waals surface area (Å²) in [6.07, 6.45) is 0. The van der Waals surface area contributed by atoms with Gasteiger partial charge in [0.1, 0.15) is 6.61 Å². The van der Waals surface area contributed by atoms with Crippen molar-refractivity contribution in [1.82, 2.24) is 9.80 Å². The Balaban J connectivity index is 1.45. The largest absolute Gasteiger partial charge is 0.458 e. The number of carbonyl (C=O) groups is 4. The molecule has 3 heterocycles. The fourth-order valence-electron chi connectivity index (χ4n) is 4.12. The van der Waals surface area contributed by atoms with Crippen LogP contribution in [0, 0.1) is 0 Å². The van der Waals surface area contributed by atoms with E-state index in [0.29, 0.717) is 12.3 Å². The Hall–Kier alpha value is -3.13. The van der Waals surface area contributed by atoms with E-state index in [1.54, 1.807) is 24.3 Å². The number of carbonyl (C=O) groups excluding carboxylic acids is 4. The second-order valence-electron chi connectivity index (χ2n) is 7.02. The Morgan fingerprint density at radius 2 is 1.62 bits per heavy atom. The molecule has 2 atom stereocenters. The smallest absolute Gasteiger partial charge is 0.345 e. The summed E-state index contributed by atoms with van der Waals surface area (Å²) in [6.45, 7) is 0.433. The highest BCUT2D eigenvalue weighted by atomic mass is 32.2. The van der Waals surface area contributed by atoms with Crippen LogP contribution < -0.4 is 0 Å². The summed E-state index contributed by atoms with van der Waals surface area (Å²) in [6, 6.07) is 14.5. The van der Waals surface area contributed by atoms with Crippen LogP contribution in [-0.2, 0) is 20.9 Å². The molecular weight excluding hydrogens is 392 g/mol. The molecule has 0 aromatic heterocycles. The van der Waals surface area contributed by atoms with E-state index in [1.165, 1.54) is 16.7 Å². The summed E-state index contributed by atoms with van der Waals surface area (Å²) in [5, 5.41) is 0. The van der Waals surface area contributed by atoms with Gasteiger partial charge in [0.25, 0.3) is 17.7 Å². The maximum atomic E-state index is 13.1. The van der Waals surface area contributed by atoms with Crippen molar-refractivity contribution >= 4 is 35.5 Å². The van der Waals surface area contributed by atoms with Gasteiger partial charge >= 0.3 is 5.97 Å². The SMILES string of the molecule is O=C1c2ccccc2C(=O)N1[C@@H]1C(=O)N2CCS[C@@]12C(=O)OCc1ccccc1. The molecule has 5 rings (SSSR count). The van der Waals surface area contributed by atoms with Crippen molar-refractivity contribution in [2.45, 2.75) is 17.5 Å². The van der Waals surface area contributed by atoms with Crippen molar-refractivity contribution in [3.05, 3.63) is 71.3 Å². The monoisotopic (exact) mass is 408 g/mol. The van der Waals surface area contributed by atoms with Crippen molar-refractivity contribution in [1.29, 1.82) is 0 Å². The molecule has 2 saturated heterocycles. The molecule has 2 aromatic carbocycles. The van der Waals surface area contributed by atoms with Crippen molar-refractivity contribution in [3.8, 4) is 0 Å². The lowest BCUT2D eigenvalue weighted by Gasteiger charge is -2.52. The number of fused-ring (bicyclic) bond motifs is 2. The van der Waals surface area contributed by atoms with Crippen LogP contribution in [0.2, 0.25) is 0 Å². The molecular formula is C21H16N2O5S. The predicted octanol–water partition coefficient (Wildman–Crippen LogP) is 1.68. The zero-order valence-electron chi connectivity index (χ0n) is 15.2. The molecule has 0 saturated carbocycles. The summed E-state index contributed by atoms with van der Waals surface area (Å²) >= 11 is 1.25. The molecule has 29 heavy (non-hydrogen) atoms. The van der Waals surface area contributed by atoms with Gasteiger partial charge in [-0.1, -0.05) is 42.5 Å². The van der Waals surface area contributed by atoms with Crippen LogP contribution in [0.3, 0.4) is 0 Å². The first kappa shape index (κ1) is 17.9. The minimum atomic E-state index is -1.38. The average molecular weight is 408 g/mol. The Kier molecular flexibility index (Phi) is 3.99. The van der Waals surface area contributed by atoms with E-state index >= 15 is 0 Å². The summed E-state index contributed by atoms with van der Waals surface area (Å²) in [4.78, 5) is 52.7. The van der Waals surface area contributed by atoms with Crippen molar-refractivity contribution in [2.75, 3.05) is 12.3 Å². The molecule has 7 nitrogen and oxygen atoms in total. The highest BCUT2D eigenvalue weighted by Crippen LogP contribution is 2.51. The van der Waals surface area contributed by atoms with Crippen molar-refractivity contribution < 1.29 is 23.9 Å². The van der Waals surface area contributed by atoms with Crippen molar-refractivity contribution in [3.63, 3.8) is 0 Å². The molecule has 3 aliphatic heterocycles. The quantitative estimate of drug-likeness (QED) is 0.435. The van der Waals surface area contributed by atoms with Crippen LogP contribution >= 0.6 is 11.8 Å². The first-order valence-corrected chi connectivity index (χ1v) is 10.2. The van der Waals surface area contributed by atoms with Gasteiger partial charge in [-0.15, -0.1) is 11.8 Å². The zero-order chi connectivity index (χ0) is 20.2. The predicted molar refractivity (Wildman–Crippen MR) is 104 cm³/mol. The molecule has 3 amide bonds. The van der Waals surface area contributed by atoms with Gasteiger partial charge < -0.3 is 9.64 Å². The van der Waals surface area contributed by atoms with E-state index in [0.717, 1.165) is 10.5 Å². The third kappa shape index (κ3) is 2.38. The zero-order valence-corrected chi connectivity index (χ0v) is 16.1. The number of hydrogen-bond acceptors (Lipinski definition) is 6. The number of amides is 3. The third-order valence-corrected chi connectivity index (χ3v) is 6.93. The Bertz CT molecular complexity index is 1020. The van der Waals surface area contributed by atoms with Crippen LogP contribution in [0.25, 0.3) is 0 Å². The highest BCUT2D eigenvalue weighted by Gasteiger charge is 2.73. The van der Waals surface area contributed by atoms with Gasteiger partial charge in [-0.2, -0.15) is 0 Å². The van der Waals surface area contributed by atoms with Crippen LogP contribution in [0.4, 0.5) is 0 Å². The number of nitrogens with zero attached hydrogens (tertiary/aromatic N) is 2. The topological polar surface area (TPSA) is 84.0 Å². The lowest BCUT2D eigenvalue weighted by atomic mass is 9.92. The molecule has 0 radical (unpaired) electrons. The number of esters is 1. The summed E-state index contributed by atoms with van der Waals surface area (Å²) < 4.78 is 5.52. The molecule has 2 fully saturated rings. The Morgan fingerprint density at radius 3 is 2.28 bits per heavy atom. The van der Waals surface area contributed by atoms with Crippen molar-refractivity contribution in [2.24, 2.45) is 0 Å². The molecule has 0 spiro atoms. The third-order valence-electron chi connectivity index (χ3n) is 5.50. The second kappa shape index (κ2) is 6.45. The van der Waals surface area contributed by atoms with Crippen LogP contribution in [-0.4, -0.2) is 56.7 Å². The maximum Gasteiger partial charge on any atom is 0.345 e. The van der Waals surface area contributed by atoms with Gasteiger partial charge in [0, 0.05) is 12.3 Å². The molecule has 0 unspecified atom stereocenters. The number of benzene rings is 2. The number of thioether (sulfide) groups is 1. The minimum Gasteiger partial charge on any atom is -0.458 e. The van der Waals surface area contributed by atoms with E-state index in [9.17, 15) is 19.2 Å². The maximum absolute atomic E-state index is 13.1. The van der Waals surface area contributed by atoms with E-state index < -0.39 is 34.6 Å². The molecule has 0 N–H and O–H groups in total. The van der Waals surface area contributed by atoms with Gasteiger partial charge in [-0.25, -0.2) is 4.79 Å². The number of β-lactam (4-membered cyclic amide) rings is 1. The van der Waals surface area contributed by atoms with Crippen LogP contribution in [0.1, 0.15) is 26.3 Å². The van der Waals surface area contributed by atoms with Crippen LogP contribution in [0.15, 0.2) is 54.6 Å². The standard InChI is InChI=1S/C21H16N2O5S/c24-17-14-8-4-5-9-15(14)18(25)23(17)16-19(26)22-10-11-29-21(16,22)20(27)28-12-13-6-2-1-3-7-13/h1-9,16H,10-12H2/t16-,21-/m1/s1. The number of hydrogen-bond donors (Lipinski definition) is 0. The summed E-state index contributed by atoms with van der Waals surface area (Å²) in [7, 11) is 0. The summed E-state index contributed by atoms with van der Waals surface area (Å²) in [5.74, 6) is -1.57. The number of ether oxygens (including phenoxy) is 1. The van der Waals surface area contributed by atoms with E-state index in [2.05, 4.69) is 0 Å². The molecule has 8 heteroatoms. The lowest BCUT2D eigenvalue weighted by Crippen LogP contribution is -2.79. The average Bonchev–Trinajstić information content (AvgIpc) is 3.26. The van der Waals surface area contributed by atoms with Gasteiger partial charge in [-0.05, 0) is 17.7 Å². The van der Waals surface area contributed by atoms with Gasteiger partial charge in [0.15, 0.2) is 6.04 Å². The Labute approximate surface area is 170 Å². The first-order chi connectivity index (χ1) is 14.1. The van der Waals surface area contributed by atoms with Gasteiger partial charge in [0.05, 0.1) is 11.1 Å². The second-order valence-corrected chi connectivity index (χ2v) is 8.34. The van der Waals surface area contributed by atoms with E-state index in [4.69, 9.17) is 4.74 Å².